The Morgan fingerprint density at radius 2 is 1.80 bits per heavy atom. The van der Waals surface area contributed by atoms with Gasteiger partial charge in [-0.1, -0.05) is 0 Å². The first kappa shape index (κ1) is 24.3. The molecular weight excluding hydrogens is 535 g/mol. The van der Waals surface area contributed by atoms with Gasteiger partial charge in [0.05, 0.1) is 0 Å². The summed E-state index contributed by atoms with van der Waals surface area (Å²) >= 11 is -0.306. The molecular formula is C23H20N6O4SSe. The number of rotatable bonds is 8. The number of nitrogens with two attached hydrogens (primary N) is 1. The van der Waals surface area contributed by atoms with E-state index < -0.39 is 10.0 Å². The van der Waals surface area contributed by atoms with Crippen LogP contribution in [0.2, 0.25) is 0 Å². The molecule has 12 heteroatoms. The Labute approximate surface area is 207 Å². The third-order valence-corrected chi connectivity index (χ3v) is 7.36. The Kier molecular flexibility index (Phi) is 7.37. The molecule has 0 amide bonds. The number of benzene rings is 3. The Bertz CT molecular complexity index is 1490. The Balaban J connectivity index is 1.58. The van der Waals surface area contributed by atoms with Crippen LogP contribution in [0, 0.1) is 0 Å². The second kappa shape index (κ2) is 10.6. The zero-order valence-corrected chi connectivity index (χ0v) is 20.9. The summed E-state index contributed by atoms with van der Waals surface area (Å²) in [5.74, 6) is 0.399. The summed E-state index contributed by atoms with van der Waals surface area (Å²) < 4.78 is 29.3. The first-order valence-corrected chi connectivity index (χ1v) is 13.4. The molecule has 0 aliphatic heterocycles. The van der Waals surface area contributed by atoms with Gasteiger partial charge in [0.1, 0.15) is 0 Å². The van der Waals surface area contributed by atoms with Crippen molar-refractivity contribution in [2.75, 3.05) is 12.5 Å². The van der Waals surface area contributed by atoms with Gasteiger partial charge in [0.25, 0.3) is 0 Å². The molecule has 1 aromatic heterocycles. The molecule has 0 fully saturated rings. The monoisotopic (exact) mass is 556 g/mol. The minimum absolute atomic E-state index is 0.00431. The summed E-state index contributed by atoms with van der Waals surface area (Å²) in [6, 6.07) is 20.3. The molecule has 0 aliphatic carbocycles. The Morgan fingerprint density at radius 1 is 1.06 bits per heavy atom. The average Bonchev–Trinajstić information content (AvgIpc) is 3.27. The van der Waals surface area contributed by atoms with Gasteiger partial charge in [0, 0.05) is 0 Å². The maximum absolute atomic E-state index is 11.4. The number of methoxy groups -OCH3 is 1. The summed E-state index contributed by atoms with van der Waals surface area (Å²) in [5, 5.41) is 27.7. The van der Waals surface area contributed by atoms with E-state index in [4.69, 9.17) is 9.88 Å². The van der Waals surface area contributed by atoms with Crippen LogP contribution in [0.3, 0.4) is 0 Å². The second-order valence-electron chi connectivity index (χ2n) is 7.08. The van der Waals surface area contributed by atoms with Gasteiger partial charge in [0.15, 0.2) is 0 Å². The van der Waals surface area contributed by atoms with Crippen LogP contribution in [0.4, 0.5) is 14.9 Å². The second-order valence-corrected chi connectivity index (χ2v) is 10.7. The third kappa shape index (κ3) is 6.19. The zero-order valence-electron chi connectivity index (χ0n) is 18.4. The van der Waals surface area contributed by atoms with Crippen molar-refractivity contribution < 1.29 is 18.3 Å². The Hall–Kier alpha value is -3.83. The van der Waals surface area contributed by atoms with Crippen LogP contribution in [0.25, 0.3) is 11.3 Å². The quantitative estimate of drug-likeness (QED) is 0.129. The SMILES string of the molecule is COc1cc(/C=N/Nc2nc(-c3ccccc3)c(N=Nc3ccc(S(N)(=O)=O)cc3)[se]2)ccc1O. The fourth-order valence-electron chi connectivity index (χ4n) is 2.95. The van der Waals surface area contributed by atoms with Crippen molar-refractivity contribution in [3.05, 3.63) is 78.4 Å². The van der Waals surface area contributed by atoms with Crippen molar-refractivity contribution in [1.82, 2.24) is 4.98 Å². The molecule has 0 unspecified atom stereocenters. The third-order valence-electron chi connectivity index (χ3n) is 4.66. The van der Waals surface area contributed by atoms with E-state index in [-0.39, 0.29) is 25.1 Å². The fourth-order valence-corrected chi connectivity index (χ4v) is 5.06. The van der Waals surface area contributed by atoms with Gasteiger partial charge in [0.2, 0.25) is 0 Å². The molecule has 4 aromatic rings. The molecule has 0 bridgehead atoms. The minimum atomic E-state index is -3.78. The molecule has 0 radical (unpaired) electrons. The van der Waals surface area contributed by atoms with Gasteiger partial charge in [-0.15, -0.1) is 0 Å². The van der Waals surface area contributed by atoms with E-state index >= 15 is 0 Å². The maximum atomic E-state index is 11.4. The van der Waals surface area contributed by atoms with Gasteiger partial charge >= 0.3 is 208 Å². The number of primary sulfonamides is 1. The van der Waals surface area contributed by atoms with Crippen LogP contribution in [0.15, 0.2) is 93.0 Å². The molecule has 0 saturated heterocycles. The standard InChI is InChI=1S/C23H20N6O4SSe/c1-33-20-13-15(7-12-19(20)30)14-25-29-23-26-21(16-5-3-2-4-6-16)22(35-23)28-27-17-8-10-18(11-9-17)34(24,31)32/h2-14,30H,1H3,(H,26,29)(H2,24,31,32)/b25-14+,28-27?. The number of aromatic nitrogens is 1. The summed E-state index contributed by atoms with van der Waals surface area (Å²) in [6.45, 7) is 0. The summed E-state index contributed by atoms with van der Waals surface area (Å²) in [5.41, 5.74) is 5.73. The van der Waals surface area contributed by atoms with E-state index in [0.717, 1.165) is 11.1 Å². The first-order chi connectivity index (χ1) is 16.8. The van der Waals surface area contributed by atoms with E-state index in [2.05, 4.69) is 25.7 Å². The molecule has 4 N–H and O–H groups in total. The number of aromatic hydroxyl groups is 1. The van der Waals surface area contributed by atoms with Gasteiger partial charge in [-0.05, 0) is 0 Å². The van der Waals surface area contributed by atoms with E-state index in [1.165, 1.54) is 37.4 Å². The van der Waals surface area contributed by atoms with Crippen LogP contribution in [0.5, 0.6) is 11.5 Å². The normalized spacial score (nSPS) is 11.8. The number of azo groups is 1. The number of nitrogens with one attached hydrogen (secondary N) is 1. The number of ether oxygens (including phenoxy) is 1. The van der Waals surface area contributed by atoms with Crippen molar-refractivity contribution >= 4 is 45.7 Å². The predicted octanol–water partition coefficient (Wildman–Crippen LogP) is 4.03. The van der Waals surface area contributed by atoms with E-state index in [0.29, 0.717) is 26.4 Å². The molecule has 0 saturated carbocycles. The molecule has 0 aliphatic rings. The summed E-state index contributed by atoms with van der Waals surface area (Å²) in [4.78, 5) is 4.67. The Morgan fingerprint density at radius 3 is 2.49 bits per heavy atom. The molecule has 3 aromatic carbocycles. The number of anilines is 1. The number of hydrogen-bond acceptors (Lipinski definition) is 9. The van der Waals surface area contributed by atoms with Crippen molar-refractivity contribution in [2.45, 2.75) is 4.90 Å². The summed E-state index contributed by atoms with van der Waals surface area (Å²) in [7, 11) is -2.30. The topological polar surface area (TPSA) is 152 Å². The van der Waals surface area contributed by atoms with Crippen LogP contribution in [-0.4, -0.2) is 46.3 Å². The fraction of sp³-hybridized carbons (Fsp3) is 0.0435. The number of hydrogen-bond donors (Lipinski definition) is 3. The van der Waals surface area contributed by atoms with Gasteiger partial charge in [-0.25, -0.2) is 0 Å². The van der Waals surface area contributed by atoms with Gasteiger partial charge in [-0.2, -0.15) is 0 Å². The van der Waals surface area contributed by atoms with Gasteiger partial charge in [-0.3, -0.25) is 0 Å². The van der Waals surface area contributed by atoms with Crippen molar-refractivity contribution in [2.24, 2.45) is 20.5 Å². The number of hydrazone groups is 1. The molecule has 1 heterocycles. The van der Waals surface area contributed by atoms with Gasteiger partial charge < -0.3 is 0 Å². The number of phenolic OH excluding ortho intramolecular Hbond substituents is 1. The molecule has 0 atom stereocenters. The average molecular weight is 555 g/mol. The van der Waals surface area contributed by atoms with Crippen LogP contribution < -0.4 is 15.3 Å². The first-order valence-electron chi connectivity index (χ1n) is 10.1. The summed E-state index contributed by atoms with van der Waals surface area (Å²) in [6.07, 6.45) is 1.59. The molecule has 35 heavy (non-hydrogen) atoms. The van der Waals surface area contributed by atoms with Crippen LogP contribution >= 0.6 is 0 Å². The van der Waals surface area contributed by atoms with Crippen molar-refractivity contribution in [3.63, 3.8) is 0 Å². The number of nitrogens with zero attached hydrogens (tertiary/aromatic N) is 4. The predicted molar refractivity (Wildman–Crippen MR) is 134 cm³/mol. The number of sulfonamides is 1. The van der Waals surface area contributed by atoms with E-state index in [1.807, 2.05) is 30.3 Å². The van der Waals surface area contributed by atoms with Crippen LogP contribution in [0.1, 0.15) is 5.56 Å². The molecule has 0 spiro atoms. The van der Waals surface area contributed by atoms with E-state index in [1.54, 1.807) is 18.3 Å². The van der Waals surface area contributed by atoms with Crippen molar-refractivity contribution in [3.8, 4) is 22.8 Å². The van der Waals surface area contributed by atoms with Crippen molar-refractivity contribution in [1.29, 1.82) is 0 Å². The molecule has 178 valence electrons. The molecule has 10 nitrogen and oxygen atoms in total. The zero-order chi connectivity index (χ0) is 24.8. The van der Waals surface area contributed by atoms with Crippen LogP contribution in [-0.2, 0) is 10.0 Å². The molecule has 4 rings (SSSR count). The van der Waals surface area contributed by atoms with E-state index in [9.17, 15) is 13.5 Å². The number of phenols is 1.